The summed E-state index contributed by atoms with van der Waals surface area (Å²) in [5, 5.41) is 11.7. The molecule has 0 aliphatic carbocycles. The van der Waals surface area contributed by atoms with Crippen LogP contribution in [-0.2, 0) is 20.4 Å². The number of fused-ring (bicyclic) bond motifs is 1. The van der Waals surface area contributed by atoms with Crippen molar-refractivity contribution in [1.82, 2.24) is 4.90 Å². The summed E-state index contributed by atoms with van der Waals surface area (Å²) in [6, 6.07) is 19.6. The van der Waals surface area contributed by atoms with Gasteiger partial charge in [-0.15, -0.1) is 22.5 Å². The van der Waals surface area contributed by atoms with Crippen molar-refractivity contribution < 1.29 is 20.4 Å². The third-order valence-electron chi connectivity index (χ3n) is 5.57. The largest absolute Gasteiger partial charge is 0.405 e. The number of thiophene rings is 1. The molecule has 4 nitrogen and oxygen atoms in total. The number of piperazine rings is 1. The number of allylic oxidation sites excluding steroid dienone is 3. The van der Waals surface area contributed by atoms with Gasteiger partial charge in [-0.2, -0.15) is 6.92 Å². The van der Waals surface area contributed by atoms with E-state index in [1.54, 1.807) is 17.4 Å². The van der Waals surface area contributed by atoms with Gasteiger partial charge in [0.05, 0.1) is 0 Å². The van der Waals surface area contributed by atoms with Crippen molar-refractivity contribution in [3.05, 3.63) is 78.2 Å². The predicted octanol–water partition coefficient (Wildman–Crippen LogP) is 4.90. The molecular weight excluding hydrogens is 575 g/mol. The van der Waals surface area contributed by atoms with Crippen LogP contribution in [0.2, 0.25) is 0 Å². The molecule has 4 rings (SSSR count). The van der Waals surface area contributed by atoms with E-state index in [0.29, 0.717) is 5.57 Å². The summed E-state index contributed by atoms with van der Waals surface area (Å²) in [5.41, 5.74) is 9.21. The average Bonchev–Trinajstić information content (AvgIpc) is 3.26. The Hall–Kier alpha value is -2.54. The fourth-order valence-corrected chi connectivity index (χ4v) is 4.83. The van der Waals surface area contributed by atoms with Gasteiger partial charge in [-0.05, 0) is 58.7 Å². The fraction of sp³-hybridized carbons (Fsp3) is 0.200. The maximum Gasteiger partial charge on any atom is 0.0373 e. The molecule has 1 radical (unpaired) electrons. The van der Waals surface area contributed by atoms with Gasteiger partial charge < -0.3 is 15.5 Å². The normalized spacial score (nSPS) is 15.5. The van der Waals surface area contributed by atoms with Gasteiger partial charge in [0.15, 0.2) is 0 Å². The Morgan fingerprint density at radius 2 is 1.77 bits per heavy atom. The van der Waals surface area contributed by atoms with E-state index in [9.17, 15) is 5.26 Å². The monoisotopic (exact) mass is 600 g/mol. The Bertz CT molecular complexity index is 1160. The molecular formula is C25H25N4ReS-. The molecule has 0 unspecified atom stereocenters. The van der Waals surface area contributed by atoms with Crippen LogP contribution in [0.4, 0.5) is 5.69 Å². The zero-order valence-corrected chi connectivity index (χ0v) is 21.0. The zero-order valence-electron chi connectivity index (χ0n) is 17.5. The molecule has 31 heavy (non-hydrogen) atoms. The molecule has 1 aliphatic heterocycles. The van der Waals surface area contributed by atoms with E-state index in [1.165, 1.54) is 28.2 Å². The Balaban J connectivity index is 0.00000272. The van der Waals surface area contributed by atoms with E-state index in [0.717, 1.165) is 41.5 Å². The molecule has 0 spiro atoms. The summed E-state index contributed by atoms with van der Waals surface area (Å²) in [6.07, 6.45) is 3.19. The number of hydrogen-bond donors (Lipinski definition) is 1. The molecule has 1 aromatic heterocycles. The first-order chi connectivity index (χ1) is 14.6. The van der Waals surface area contributed by atoms with Crippen LogP contribution in [0.3, 0.4) is 0 Å². The molecule has 1 fully saturated rings. The average molecular weight is 600 g/mol. The minimum atomic E-state index is 0. The summed E-state index contributed by atoms with van der Waals surface area (Å²) < 4.78 is 0. The molecule has 3 aromatic rings. The van der Waals surface area contributed by atoms with Gasteiger partial charge in [-0.25, -0.2) is 0 Å². The molecule has 6 heteroatoms. The van der Waals surface area contributed by atoms with Crippen LogP contribution in [0.5, 0.6) is 0 Å². The summed E-state index contributed by atoms with van der Waals surface area (Å²) in [4.78, 5) is 6.98. The molecule has 1 saturated heterocycles. The van der Waals surface area contributed by atoms with Gasteiger partial charge in [0.1, 0.15) is 0 Å². The van der Waals surface area contributed by atoms with Crippen molar-refractivity contribution >= 4 is 33.4 Å². The van der Waals surface area contributed by atoms with Gasteiger partial charge >= 0.3 is 0 Å². The second-order valence-electron chi connectivity index (χ2n) is 7.56. The third-order valence-corrected chi connectivity index (χ3v) is 6.74. The van der Waals surface area contributed by atoms with E-state index in [4.69, 9.17) is 5.73 Å². The number of likely N-dealkylation sites (N-methyl/N-ethyl adjacent to an activating group) is 1. The first kappa shape index (κ1) is 23.1. The number of nitrogens with two attached hydrogens (primary N) is 1. The summed E-state index contributed by atoms with van der Waals surface area (Å²) in [7, 11) is 2.18. The molecule has 159 valence electrons. The van der Waals surface area contributed by atoms with Crippen LogP contribution in [-0.4, -0.2) is 38.1 Å². The smallest absolute Gasteiger partial charge is 0.0373 e. The number of nitriles is 1. The van der Waals surface area contributed by atoms with Gasteiger partial charge in [-0.3, -0.25) is 5.26 Å². The van der Waals surface area contributed by atoms with E-state index >= 15 is 0 Å². The molecule has 2 heterocycles. The Morgan fingerprint density at radius 1 is 1.06 bits per heavy atom. The maximum absolute atomic E-state index is 9.22. The molecule has 0 bridgehead atoms. The SMILES string of the molecule is [CH2-]/C(C#N)=C(\C=C/N)c1ccc(-c2ccc3cc(N4CCN(C)CC4)ccc3c2)s1.[Re]. The number of anilines is 1. The first-order valence-electron chi connectivity index (χ1n) is 10.0. The van der Waals surface area contributed by atoms with Crippen molar-refractivity contribution in [2.24, 2.45) is 5.73 Å². The Kier molecular flexibility index (Phi) is 7.60. The minimum Gasteiger partial charge on any atom is -0.405 e. The Labute approximate surface area is 201 Å². The molecule has 0 atom stereocenters. The van der Waals surface area contributed by atoms with Crippen molar-refractivity contribution in [3.8, 4) is 16.5 Å². The van der Waals surface area contributed by atoms with Crippen molar-refractivity contribution in [1.29, 1.82) is 5.26 Å². The second-order valence-corrected chi connectivity index (χ2v) is 8.65. The quantitative estimate of drug-likeness (QED) is 0.263. The van der Waals surface area contributed by atoms with Crippen LogP contribution >= 0.6 is 11.3 Å². The van der Waals surface area contributed by atoms with Crippen LogP contribution < -0.4 is 10.6 Å². The number of hydrogen-bond acceptors (Lipinski definition) is 5. The van der Waals surface area contributed by atoms with Crippen LogP contribution in [0.1, 0.15) is 4.88 Å². The van der Waals surface area contributed by atoms with Crippen LogP contribution in [0, 0.1) is 18.3 Å². The first-order valence-corrected chi connectivity index (χ1v) is 10.8. The van der Waals surface area contributed by atoms with Gasteiger partial charge in [0, 0.05) is 57.2 Å². The van der Waals surface area contributed by atoms with E-state index in [1.807, 2.05) is 6.07 Å². The van der Waals surface area contributed by atoms with Gasteiger partial charge in [-0.1, -0.05) is 36.4 Å². The summed E-state index contributed by atoms with van der Waals surface area (Å²) >= 11 is 1.64. The molecule has 1 aliphatic rings. The van der Waals surface area contributed by atoms with Crippen molar-refractivity contribution in [2.45, 2.75) is 0 Å². The van der Waals surface area contributed by atoms with Crippen LogP contribution in [0.15, 0.2) is 66.4 Å². The molecule has 0 saturated carbocycles. The molecule has 0 amide bonds. The number of rotatable bonds is 4. The number of benzene rings is 2. The second kappa shape index (κ2) is 10.2. The van der Waals surface area contributed by atoms with Gasteiger partial charge in [0.25, 0.3) is 0 Å². The molecule has 2 aromatic carbocycles. The van der Waals surface area contributed by atoms with E-state index in [2.05, 4.69) is 72.3 Å². The van der Waals surface area contributed by atoms with E-state index < -0.39 is 0 Å². The van der Waals surface area contributed by atoms with Crippen LogP contribution in [0.25, 0.3) is 26.8 Å². The predicted molar refractivity (Wildman–Crippen MR) is 128 cm³/mol. The standard InChI is InChI=1S/C25H25N4S.Re/c1-18(17-27)23(9-10-26)25-8-7-24(30-25)21-4-3-20-16-22(6-5-19(20)15-21)29-13-11-28(2)12-14-29;/h3-10,15-16H,1,11-14,26H2,2H3;/q-1;/b10-9-,23-18-;. The summed E-state index contributed by atoms with van der Waals surface area (Å²) in [6.45, 7) is 8.19. The molecule has 2 N–H and O–H groups in total. The zero-order chi connectivity index (χ0) is 21.1. The Morgan fingerprint density at radius 3 is 2.48 bits per heavy atom. The van der Waals surface area contributed by atoms with Gasteiger partial charge in [0.2, 0.25) is 0 Å². The fourth-order valence-electron chi connectivity index (χ4n) is 3.77. The topological polar surface area (TPSA) is 56.3 Å². The van der Waals surface area contributed by atoms with Crippen molar-refractivity contribution in [2.75, 3.05) is 38.1 Å². The minimum absolute atomic E-state index is 0. The maximum atomic E-state index is 9.22. The summed E-state index contributed by atoms with van der Waals surface area (Å²) in [5.74, 6) is 0. The van der Waals surface area contributed by atoms with E-state index in [-0.39, 0.29) is 20.4 Å². The number of nitrogens with zero attached hydrogens (tertiary/aromatic N) is 3. The van der Waals surface area contributed by atoms with Crippen molar-refractivity contribution in [3.63, 3.8) is 0 Å². The third kappa shape index (κ3) is 5.04.